The Kier molecular flexibility index (Phi) is 3.44. The van der Waals surface area contributed by atoms with Crippen LogP contribution in [0.3, 0.4) is 0 Å². The molecule has 3 N–H and O–H groups in total. The van der Waals surface area contributed by atoms with E-state index < -0.39 is 0 Å². The lowest BCUT2D eigenvalue weighted by molar-refractivity contribution is 0.0601. The predicted molar refractivity (Wildman–Crippen MR) is 67.0 cm³/mol. The van der Waals surface area contributed by atoms with Crippen molar-refractivity contribution < 1.29 is 9.53 Å². The second kappa shape index (κ2) is 5.01. The predicted octanol–water partition coefficient (Wildman–Crippen LogP) is 1.85. The van der Waals surface area contributed by atoms with Gasteiger partial charge < -0.3 is 15.5 Å². The Balaban J connectivity index is 2.39. The Morgan fingerprint density at radius 3 is 3.00 bits per heavy atom. The molecule has 0 aliphatic carbocycles. The number of aromatic nitrogens is 1. The summed E-state index contributed by atoms with van der Waals surface area (Å²) < 4.78 is 4.71. The molecule has 0 atom stereocenters. The van der Waals surface area contributed by atoms with Gasteiger partial charge in [-0.2, -0.15) is 0 Å². The van der Waals surface area contributed by atoms with Gasteiger partial charge in [0, 0.05) is 17.1 Å². The summed E-state index contributed by atoms with van der Waals surface area (Å²) in [4.78, 5) is 14.6. The number of nitrogens with two attached hydrogens (primary N) is 1. The summed E-state index contributed by atoms with van der Waals surface area (Å²) >= 11 is 0. The van der Waals surface area contributed by atoms with E-state index in [1.165, 1.54) is 12.7 Å². The molecule has 2 rings (SSSR count). The Morgan fingerprint density at radius 1 is 1.47 bits per heavy atom. The van der Waals surface area contributed by atoms with E-state index >= 15 is 0 Å². The summed E-state index contributed by atoms with van der Waals surface area (Å²) in [6.45, 7) is 0.670. The van der Waals surface area contributed by atoms with Crippen LogP contribution in [-0.4, -0.2) is 24.6 Å². The molecular formula is C13H16N2O2. The Hall–Kier alpha value is -1.81. The second-order valence-corrected chi connectivity index (χ2v) is 3.96. The van der Waals surface area contributed by atoms with Crippen LogP contribution in [0.5, 0.6) is 0 Å². The molecule has 0 saturated heterocycles. The third-order valence-corrected chi connectivity index (χ3v) is 2.84. The number of carbonyl (C=O) groups excluding carboxylic acids is 1. The number of methoxy groups -OCH3 is 1. The van der Waals surface area contributed by atoms with Gasteiger partial charge in [-0.15, -0.1) is 0 Å². The van der Waals surface area contributed by atoms with Crippen LogP contribution in [0.2, 0.25) is 0 Å². The molecule has 0 saturated carbocycles. The van der Waals surface area contributed by atoms with Crippen LogP contribution < -0.4 is 5.73 Å². The Morgan fingerprint density at radius 2 is 2.29 bits per heavy atom. The summed E-state index contributed by atoms with van der Waals surface area (Å²) in [5.74, 6) is -0.308. The molecule has 90 valence electrons. The standard InChI is InChI=1S/C13H16N2O2/c1-17-13(16)9-4-5-12-11(7-9)10(8-15-12)3-2-6-14/h4-5,7-8,15H,2-3,6,14H2,1H3. The van der Waals surface area contributed by atoms with Gasteiger partial charge in [-0.25, -0.2) is 4.79 Å². The number of carbonyl (C=O) groups is 1. The van der Waals surface area contributed by atoms with Gasteiger partial charge in [0.15, 0.2) is 0 Å². The van der Waals surface area contributed by atoms with Crippen LogP contribution in [-0.2, 0) is 11.2 Å². The van der Waals surface area contributed by atoms with E-state index in [2.05, 4.69) is 4.98 Å². The van der Waals surface area contributed by atoms with Crippen molar-refractivity contribution in [3.05, 3.63) is 35.5 Å². The quantitative estimate of drug-likeness (QED) is 0.790. The van der Waals surface area contributed by atoms with E-state index in [1.54, 1.807) is 6.07 Å². The monoisotopic (exact) mass is 232 g/mol. The number of H-pyrrole nitrogens is 1. The highest BCUT2D eigenvalue weighted by molar-refractivity contribution is 5.95. The van der Waals surface area contributed by atoms with Crippen LogP contribution in [0.15, 0.2) is 24.4 Å². The summed E-state index contributed by atoms with van der Waals surface area (Å²) in [5.41, 5.74) is 8.30. The maximum atomic E-state index is 11.5. The Labute approximate surface area is 99.8 Å². The largest absolute Gasteiger partial charge is 0.465 e. The lowest BCUT2D eigenvalue weighted by Gasteiger charge is -2.01. The molecule has 1 aromatic heterocycles. The minimum atomic E-state index is -0.308. The summed E-state index contributed by atoms with van der Waals surface area (Å²) in [6.07, 6.45) is 3.83. The molecule has 1 heterocycles. The number of rotatable bonds is 4. The fourth-order valence-corrected chi connectivity index (χ4v) is 1.92. The maximum Gasteiger partial charge on any atom is 0.337 e. The number of aryl methyl sites for hydroxylation is 1. The highest BCUT2D eigenvalue weighted by Crippen LogP contribution is 2.21. The van der Waals surface area contributed by atoms with Gasteiger partial charge in [-0.3, -0.25) is 0 Å². The van der Waals surface area contributed by atoms with E-state index in [1.807, 2.05) is 18.3 Å². The summed E-state index contributed by atoms with van der Waals surface area (Å²) in [6, 6.07) is 5.52. The number of hydrogen-bond donors (Lipinski definition) is 2. The molecule has 0 radical (unpaired) electrons. The van der Waals surface area contributed by atoms with Crippen molar-refractivity contribution in [2.24, 2.45) is 5.73 Å². The van der Waals surface area contributed by atoms with Gasteiger partial charge in [-0.05, 0) is 43.1 Å². The van der Waals surface area contributed by atoms with Gasteiger partial charge >= 0.3 is 5.97 Å². The van der Waals surface area contributed by atoms with Crippen LogP contribution >= 0.6 is 0 Å². The molecule has 1 aromatic carbocycles. The van der Waals surface area contributed by atoms with Crippen molar-refractivity contribution in [1.29, 1.82) is 0 Å². The van der Waals surface area contributed by atoms with Crippen molar-refractivity contribution in [3.63, 3.8) is 0 Å². The molecular weight excluding hydrogens is 216 g/mol. The first kappa shape index (κ1) is 11.7. The lowest BCUT2D eigenvalue weighted by atomic mass is 10.1. The van der Waals surface area contributed by atoms with Gasteiger partial charge in [0.25, 0.3) is 0 Å². The van der Waals surface area contributed by atoms with Crippen LogP contribution in [0.1, 0.15) is 22.3 Å². The summed E-state index contributed by atoms with van der Waals surface area (Å²) in [7, 11) is 1.39. The second-order valence-electron chi connectivity index (χ2n) is 3.96. The molecule has 4 heteroatoms. The number of nitrogens with one attached hydrogen (secondary N) is 1. The fourth-order valence-electron chi connectivity index (χ4n) is 1.92. The maximum absolute atomic E-state index is 11.5. The van der Waals surface area contributed by atoms with Crippen molar-refractivity contribution in [2.45, 2.75) is 12.8 Å². The number of ether oxygens (including phenoxy) is 1. The molecule has 4 nitrogen and oxygen atoms in total. The van der Waals surface area contributed by atoms with Gasteiger partial charge in [0.2, 0.25) is 0 Å². The molecule has 0 fully saturated rings. The molecule has 0 aliphatic rings. The SMILES string of the molecule is COC(=O)c1ccc2[nH]cc(CCCN)c2c1. The molecule has 17 heavy (non-hydrogen) atoms. The highest BCUT2D eigenvalue weighted by Gasteiger charge is 2.09. The van der Waals surface area contributed by atoms with E-state index in [-0.39, 0.29) is 5.97 Å². The average molecular weight is 232 g/mol. The van der Waals surface area contributed by atoms with E-state index in [0.29, 0.717) is 12.1 Å². The number of hydrogen-bond acceptors (Lipinski definition) is 3. The molecule has 0 aliphatic heterocycles. The summed E-state index contributed by atoms with van der Waals surface area (Å²) in [5, 5.41) is 1.07. The number of aromatic amines is 1. The van der Waals surface area contributed by atoms with E-state index in [9.17, 15) is 4.79 Å². The molecule has 2 aromatic rings. The first-order valence-electron chi connectivity index (χ1n) is 5.64. The Bertz CT molecular complexity index is 531. The zero-order valence-electron chi connectivity index (χ0n) is 9.82. The van der Waals surface area contributed by atoms with Crippen molar-refractivity contribution in [2.75, 3.05) is 13.7 Å². The lowest BCUT2D eigenvalue weighted by Crippen LogP contribution is -2.01. The highest BCUT2D eigenvalue weighted by atomic mass is 16.5. The number of fused-ring (bicyclic) bond motifs is 1. The first-order chi connectivity index (χ1) is 8.26. The normalized spacial score (nSPS) is 10.7. The molecule has 0 bridgehead atoms. The van der Waals surface area contributed by atoms with Crippen molar-refractivity contribution in [1.82, 2.24) is 4.98 Å². The third kappa shape index (κ3) is 2.31. The van der Waals surface area contributed by atoms with Crippen molar-refractivity contribution in [3.8, 4) is 0 Å². The minimum Gasteiger partial charge on any atom is -0.465 e. The van der Waals surface area contributed by atoms with Gasteiger partial charge in [0.05, 0.1) is 12.7 Å². The molecule has 0 unspecified atom stereocenters. The molecule has 0 spiro atoms. The zero-order chi connectivity index (χ0) is 12.3. The van der Waals surface area contributed by atoms with Crippen LogP contribution in [0.4, 0.5) is 0 Å². The van der Waals surface area contributed by atoms with Crippen molar-refractivity contribution >= 4 is 16.9 Å². The van der Waals surface area contributed by atoms with Crippen LogP contribution in [0.25, 0.3) is 10.9 Å². The van der Waals surface area contributed by atoms with Crippen LogP contribution in [0, 0.1) is 0 Å². The average Bonchev–Trinajstić information content (AvgIpc) is 2.77. The smallest absolute Gasteiger partial charge is 0.337 e. The fraction of sp³-hybridized carbons (Fsp3) is 0.308. The minimum absolute atomic E-state index is 0.308. The van der Waals surface area contributed by atoms with E-state index in [0.717, 1.165) is 23.7 Å². The van der Waals surface area contributed by atoms with Gasteiger partial charge in [0.1, 0.15) is 0 Å². The first-order valence-corrected chi connectivity index (χ1v) is 5.64. The number of benzene rings is 1. The van der Waals surface area contributed by atoms with E-state index in [4.69, 9.17) is 10.5 Å². The third-order valence-electron chi connectivity index (χ3n) is 2.84. The molecule has 0 amide bonds. The zero-order valence-corrected chi connectivity index (χ0v) is 9.82. The number of esters is 1. The topological polar surface area (TPSA) is 68.1 Å². The van der Waals surface area contributed by atoms with Gasteiger partial charge in [-0.1, -0.05) is 0 Å².